The molecule has 0 bridgehead atoms. The molecular weight excluding hydrogens is 216 g/mol. The number of anilines is 1. The first kappa shape index (κ1) is 13.7. The van der Waals surface area contributed by atoms with Gasteiger partial charge in [0.2, 0.25) is 5.91 Å². The van der Waals surface area contributed by atoms with Gasteiger partial charge >= 0.3 is 0 Å². The van der Waals surface area contributed by atoms with Crippen LogP contribution in [-0.4, -0.2) is 18.1 Å². The predicted octanol–water partition coefficient (Wildman–Crippen LogP) is 1.90. The summed E-state index contributed by atoms with van der Waals surface area (Å²) in [5, 5.41) is 2.73. The molecule has 0 aliphatic heterocycles. The van der Waals surface area contributed by atoms with E-state index < -0.39 is 6.04 Å². The molecule has 0 saturated carbocycles. The quantitative estimate of drug-likeness (QED) is 0.820. The molecule has 0 radical (unpaired) electrons. The van der Waals surface area contributed by atoms with E-state index >= 15 is 0 Å². The van der Waals surface area contributed by atoms with Crippen LogP contribution in [0.2, 0.25) is 0 Å². The summed E-state index contributed by atoms with van der Waals surface area (Å²) in [7, 11) is 0. The molecule has 1 aromatic rings. The average molecular weight is 236 g/mol. The molecule has 0 aromatic heterocycles. The zero-order valence-electron chi connectivity index (χ0n) is 10.6. The van der Waals surface area contributed by atoms with Crippen molar-refractivity contribution in [1.29, 1.82) is 0 Å². The maximum absolute atomic E-state index is 11.4. The van der Waals surface area contributed by atoms with Crippen LogP contribution in [0, 0.1) is 0 Å². The van der Waals surface area contributed by atoms with E-state index in [2.05, 4.69) is 5.32 Å². The van der Waals surface area contributed by atoms with Gasteiger partial charge in [-0.2, -0.15) is 0 Å². The van der Waals surface area contributed by atoms with Crippen molar-refractivity contribution in [1.82, 2.24) is 0 Å². The highest BCUT2D eigenvalue weighted by Gasteiger charge is 2.06. The normalized spacial score (nSPS) is 12.5. The number of carbonyl (C=O) groups is 1. The molecule has 0 aliphatic carbocycles. The lowest BCUT2D eigenvalue weighted by molar-refractivity contribution is -0.117. The van der Waals surface area contributed by atoms with Crippen LogP contribution < -0.4 is 11.1 Å². The zero-order chi connectivity index (χ0) is 12.8. The van der Waals surface area contributed by atoms with Gasteiger partial charge in [0.15, 0.2) is 0 Å². The van der Waals surface area contributed by atoms with Gasteiger partial charge in [0.05, 0.1) is 18.8 Å². The summed E-state index contributed by atoms with van der Waals surface area (Å²) >= 11 is 0. The van der Waals surface area contributed by atoms with Gasteiger partial charge in [0.25, 0.3) is 0 Å². The summed E-state index contributed by atoms with van der Waals surface area (Å²) < 4.78 is 5.48. The molecule has 0 fully saturated rings. The number of nitrogens with one attached hydrogen (secondary N) is 1. The highest BCUT2D eigenvalue weighted by atomic mass is 16.5. The Bertz CT molecular complexity index is 358. The Hall–Kier alpha value is -1.39. The van der Waals surface area contributed by atoms with Crippen molar-refractivity contribution >= 4 is 11.6 Å². The van der Waals surface area contributed by atoms with Crippen LogP contribution in [0.3, 0.4) is 0 Å². The minimum absolute atomic E-state index is 0.184. The topological polar surface area (TPSA) is 64.3 Å². The number of hydrogen-bond acceptors (Lipinski definition) is 3. The van der Waals surface area contributed by atoms with E-state index in [-0.39, 0.29) is 12.0 Å². The number of ether oxygens (including phenoxy) is 1. The van der Waals surface area contributed by atoms with Crippen LogP contribution in [-0.2, 0) is 16.1 Å². The molecule has 1 aromatic carbocycles. The van der Waals surface area contributed by atoms with Crippen molar-refractivity contribution in [2.45, 2.75) is 39.5 Å². The van der Waals surface area contributed by atoms with E-state index in [1.165, 1.54) is 0 Å². The average Bonchev–Trinajstić information content (AvgIpc) is 2.28. The van der Waals surface area contributed by atoms with Crippen molar-refractivity contribution in [3.05, 3.63) is 29.8 Å². The number of rotatable bonds is 5. The fourth-order valence-corrected chi connectivity index (χ4v) is 1.20. The Kier molecular flexibility index (Phi) is 5.12. The van der Waals surface area contributed by atoms with Gasteiger partial charge < -0.3 is 15.8 Å². The van der Waals surface area contributed by atoms with E-state index in [0.717, 1.165) is 11.3 Å². The minimum Gasteiger partial charge on any atom is -0.374 e. The molecule has 94 valence electrons. The van der Waals surface area contributed by atoms with Crippen LogP contribution in [0.5, 0.6) is 0 Å². The van der Waals surface area contributed by atoms with Gasteiger partial charge in [-0.25, -0.2) is 0 Å². The molecule has 1 amide bonds. The first-order valence-corrected chi connectivity index (χ1v) is 5.76. The second-order valence-corrected chi connectivity index (χ2v) is 4.33. The van der Waals surface area contributed by atoms with E-state index in [0.29, 0.717) is 6.61 Å². The number of hydrogen-bond donors (Lipinski definition) is 2. The molecule has 0 aliphatic rings. The maximum atomic E-state index is 11.4. The highest BCUT2D eigenvalue weighted by Crippen LogP contribution is 2.11. The van der Waals surface area contributed by atoms with Crippen LogP contribution in [0.25, 0.3) is 0 Å². The SMILES string of the molecule is CC(C)OCc1ccc(NC(=O)[C@H](C)N)cc1. The molecular formula is C13H20N2O2. The van der Waals surface area contributed by atoms with E-state index in [4.69, 9.17) is 10.5 Å². The van der Waals surface area contributed by atoms with Crippen LogP contribution in [0.15, 0.2) is 24.3 Å². The standard InChI is InChI=1S/C13H20N2O2/c1-9(2)17-8-11-4-6-12(7-5-11)15-13(16)10(3)14/h4-7,9-10H,8,14H2,1-3H3,(H,15,16)/t10-/m0/s1. The van der Waals surface area contributed by atoms with Crippen LogP contribution in [0.1, 0.15) is 26.3 Å². The fraction of sp³-hybridized carbons (Fsp3) is 0.462. The third kappa shape index (κ3) is 4.97. The summed E-state index contributed by atoms with van der Waals surface area (Å²) in [4.78, 5) is 11.4. The fourth-order valence-electron chi connectivity index (χ4n) is 1.20. The second kappa shape index (κ2) is 6.37. The molecule has 4 nitrogen and oxygen atoms in total. The largest absolute Gasteiger partial charge is 0.374 e. The van der Waals surface area contributed by atoms with Crippen LogP contribution >= 0.6 is 0 Å². The predicted molar refractivity (Wildman–Crippen MR) is 68.6 cm³/mol. The summed E-state index contributed by atoms with van der Waals surface area (Å²) in [6.07, 6.45) is 0.215. The third-order valence-corrected chi connectivity index (χ3v) is 2.22. The Morgan fingerprint density at radius 3 is 2.35 bits per heavy atom. The maximum Gasteiger partial charge on any atom is 0.240 e. The highest BCUT2D eigenvalue weighted by molar-refractivity contribution is 5.94. The van der Waals surface area contributed by atoms with E-state index in [9.17, 15) is 4.79 Å². The Morgan fingerprint density at radius 2 is 1.88 bits per heavy atom. The van der Waals surface area contributed by atoms with Gasteiger partial charge in [0, 0.05) is 5.69 Å². The monoisotopic (exact) mass is 236 g/mol. The molecule has 1 atom stereocenters. The lowest BCUT2D eigenvalue weighted by atomic mass is 10.2. The van der Waals surface area contributed by atoms with Gasteiger partial charge in [-0.3, -0.25) is 4.79 Å². The Morgan fingerprint density at radius 1 is 1.29 bits per heavy atom. The van der Waals surface area contributed by atoms with Gasteiger partial charge in [-0.05, 0) is 38.5 Å². The van der Waals surface area contributed by atoms with E-state index in [1.54, 1.807) is 6.92 Å². The smallest absolute Gasteiger partial charge is 0.240 e. The molecule has 4 heteroatoms. The lowest BCUT2D eigenvalue weighted by Crippen LogP contribution is -2.32. The van der Waals surface area contributed by atoms with Gasteiger partial charge in [-0.15, -0.1) is 0 Å². The molecule has 0 spiro atoms. The number of carbonyl (C=O) groups excluding carboxylic acids is 1. The Labute approximate surface area is 102 Å². The molecule has 1 rings (SSSR count). The molecule has 3 N–H and O–H groups in total. The first-order chi connectivity index (χ1) is 7.99. The zero-order valence-corrected chi connectivity index (χ0v) is 10.6. The van der Waals surface area contributed by atoms with Crippen molar-refractivity contribution in [3.8, 4) is 0 Å². The van der Waals surface area contributed by atoms with Gasteiger partial charge in [-0.1, -0.05) is 12.1 Å². The van der Waals surface area contributed by atoms with Crippen LogP contribution in [0.4, 0.5) is 5.69 Å². The second-order valence-electron chi connectivity index (χ2n) is 4.33. The van der Waals surface area contributed by atoms with Gasteiger partial charge in [0.1, 0.15) is 0 Å². The third-order valence-electron chi connectivity index (χ3n) is 2.22. The first-order valence-electron chi connectivity index (χ1n) is 5.76. The van der Waals surface area contributed by atoms with Crippen molar-refractivity contribution in [3.63, 3.8) is 0 Å². The van der Waals surface area contributed by atoms with Crippen molar-refractivity contribution in [2.75, 3.05) is 5.32 Å². The molecule has 0 unspecified atom stereocenters. The summed E-state index contributed by atoms with van der Waals surface area (Å²) in [5.41, 5.74) is 7.29. The lowest BCUT2D eigenvalue weighted by Gasteiger charge is -2.10. The minimum atomic E-state index is -0.501. The molecule has 17 heavy (non-hydrogen) atoms. The Balaban J connectivity index is 2.53. The summed E-state index contributed by atoms with van der Waals surface area (Å²) in [6.45, 7) is 6.23. The summed E-state index contributed by atoms with van der Waals surface area (Å²) in [6, 6.07) is 7.05. The van der Waals surface area contributed by atoms with Crippen molar-refractivity contribution in [2.24, 2.45) is 5.73 Å². The molecule has 0 saturated heterocycles. The van der Waals surface area contributed by atoms with Crippen molar-refractivity contribution < 1.29 is 9.53 Å². The number of nitrogens with two attached hydrogens (primary N) is 1. The number of benzene rings is 1. The van der Waals surface area contributed by atoms with E-state index in [1.807, 2.05) is 38.1 Å². The number of amides is 1. The summed E-state index contributed by atoms with van der Waals surface area (Å²) in [5.74, 6) is -0.184. The molecule has 0 heterocycles.